The lowest BCUT2D eigenvalue weighted by atomic mass is 10.1. The minimum Gasteiger partial charge on any atom is -0.490 e. The number of ether oxygens (including phenoxy) is 2. The Morgan fingerprint density at radius 3 is 2.38 bits per heavy atom. The Labute approximate surface area is 193 Å². The van der Waals surface area contributed by atoms with Crippen molar-refractivity contribution in [1.82, 2.24) is 5.43 Å². The highest BCUT2D eigenvalue weighted by Crippen LogP contribution is 2.38. The third kappa shape index (κ3) is 6.36. The number of carbonyl (C=O) groups excluding carboxylic acids is 1. The molecule has 0 atom stereocenters. The average molecular weight is 464 g/mol. The molecule has 3 aromatic rings. The fourth-order valence-corrected chi connectivity index (χ4v) is 2.92. The molecule has 0 saturated carbocycles. The Bertz CT molecular complexity index is 1230. The van der Waals surface area contributed by atoms with Crippen LogP contribution in [-0.4, -0.2) is 28.6 Å². The summed E-state index contributed by atoms with van der Waals surface area (Å²) >= 11 is 0. The van der Waals surface area contributed by atoms with Crippen molar-refractivity contribution in [3.63, 3.8) is 0 Å². The van der Waals surface area contributed by atoms with E-state index in [-0.39, 0.29) is 36.2 Å². The van der Waals surface area contributed by atoms with E-state index in [9.17, 15) is 25.0 Å². The molecule has 11 nitrogen and oxygen atoms in total. The molecule has 1 N–H and O–H groups in total. The number of non-ortho nitro benzene ring substituents is 1. The highest BCUT2D eigenvalue weighted by molar-refractivity contribution is 5.84. The second-order valence-electron chi connectivity index (χ2n) is 6.86. The molecule has 0 aliphatic carbocycles. The first kappa shape index (κ1) is 23.9. The molecule has 0 radical (unpaired) electrons. The minimum atomic E-state index is -0.762. The molecule has 11 heteroatoms. The zero-order chi connectivity index (χ0) is 24.5. The molecule has 0 aliphatic heterocycles. The van der Waals surface area contributed by atoms with E-state index in [0.29, 0.717) is 5.56 Å². The van der Waals surface area contributed by atoms with Gasteiger partial charge in [0.15, 0.2) is 11.5 Å². The number of hydrazone groups is 1. The third-order valence-electron chi connectivity index (χ3n) is 4.45. The number of nitro benzene ring substituents is 2. The number of nitro groups is 2. The molecule has 3 rings (SSSR count). The summed E-state index contributed by atoms with van der Waals surface area (Å²) in [5.74, 6) is -0.0113. The molecule has 0 aromatic heterocycles. The third-order valence-corrected chi connectivity index (χ3v) is 4.45. The van der Waals surface area contributed by atoms with Crippen molar-refractivity contribution in [2.75, 3.05) is 6.61 Å². The minimum absolute atomic E-state index is 0.170. The van der Waals surface area contributed by atoms with Crippen LogP contribution in [0.3, 0.4) is 0 Å². The van der Waals surface area contributed by atoms with Crippen molar-refractivity contribution in [2.24, 2.45) is 5.10 Å². The standard InChI is InChI=1S/C23H20N4O7/c1-2-33-22-12-17(15-24-25-23(28)13-16-6-4-3-5-7-16)8-10-21(22)34-20-11-9-18(26(29)30)14-19(20)27(31)32/h3-12,14-15H,2,13H2,1H3,(H,25,28)/b24-15+. The molecule has 0 saturated heterocycles. The van der Waals surface area contributed by atoms with E-state index in [4.69, 9.17) is 9.47 Å². The van der Waals surface area contributed by atoms with E-state index in [2.05, 4.69) is 10.5 Å². The van der Waals surface area contributed by atoms with Gasteiger partial charge >= 0.3 is 5.69 Å². The maximum absolute atomic E-state index is 12.0. The molecule has 174 valence electrons. The number of nitrogens with one attached hydrogen (secondary N) is 1. The van der Waals surface area contributed by atoms with Crippen LogP contribution >= 0.6 is 0 Å². The SMILES string of the molecule is CCOc1cc(/C=N/NC(=O)Cc2ccccc2)ccc1Oc1ccc([N+](=O)[O-])cc1[N+](=O)[O-]. The molecule has 3 aromatic carbocycles. The summed E-state index contributed by atoms with van der Waals surface area (Å²) in [7, 11) is 0. The van der Waals surface area contributed by atoms with Crippen LogP contribution in [-0.2, 0) is 11.2 Å². The fourth-order valence-electron chi connectivity index (χ4n) is 2.92. The van der Waals surface area contributed by atoms with Gasteiger partial charge in [-0.1, -0.05) is 30.3 Å². The van der Waals surface area contributed by atoms with Gasteiger partial charge in [0.1, 0.15) is 0 Å². The lowest BCUT2D eigenvalue weighted by molar-refractivity contribution is -0.394. The number of nitrogens with zero attached hydrogens (tertiary/aromatic N) is 3. The van der Waals surface area contributed by atoms with Gasteiger partial charge in [-0.05, 0) is 42.3 Å². The van der Waals surface area contributed by atoms with Crippen LogP contribution in [0.1, 0.15) is 18.1 Å². The highest BCUT2D eigenvalue weighted by Gasteiger charge is 2.22. The van der Waals surface area contributed by atoms with Gasteiger partial charge in [0.2, 0.25) is 11.7 Å². The van der Waals surface area contributed by atoms with Crippen LogP contribution in [0.15, 0.2) is 71.8 Å². The molecule has 1 amide bonds. The first-order valence-electron chi connectivity index (χ1n) is 10.1. The first-order chi connectivity index (χ1) is 16.4. The topological polar surface area (TPSA) is 146 Å². The Balaban J connectivity index is 1.75. The number of benzene rings is 3. The van der Waals surface area contributed by atoms with Crippen molar-refractivity contribution in [3.05, 3.63) is 98.1 Å². The van der Waals surface area contributed by atoms with Crippen LogP contribution in [0.5, 0.6) is 17.2 Å². The van der Waals surface area contributed by atoms with Gasteiger partial charge in [-0.2, -0.15) is 5.10 Å². The molecule has 0 fully saturated rings. The van der Waals surface area contributed by atoms with E-state index in [1.54, 1.807) is 19.1 Å². The summed E-state index contributed by atoms with van der Waals surface area (Å²) in [6.07, 6.45) is 1.60. The molecular formula is C23H20N4O7. The number of hydrogen-bond donors (Lipinski definition) is 1. The van der Waals surface area contributed by atoms with Gasteiger partial charge in [0.25, 0.3) is 5.69 Å². The zero-order valence-corrected chi connectivity index (χ0v) is 18.0. The molecule has 0 spiro atoms. The summed E-state index contributed by atoms with van der Waals surface area (Å²) < 4.78 is 11.2. The van der Waals surface area contributed by atoms with Crippen LogP contribution in [0.2, 0.25) is 0 Å². The Hall–Kier alpha value is -4.80. The van der Waals surface area contributed by atoms with Gasteiger partial charge in [-0.15, -0.1) is 0 Å². The summed E-state index contributed by atoms with van der Waals surface area (Å²) in [5, 5.41) is 26.2. The van der Waals surface area contributed by atoms with E-state index in [0.717, 1.165) is 23.8 Å². The second kappa shape index (κ2) is 11.2. The van der Waals surface area contributed by atoms with Crippen molar-refractivity contribution in [3.8, 4) is 17.2 Å². The van der Waals surface area contributed by atoms with Crippen LogP contribution in [0, 0.1) is 20.2 Å². The number of carbonyl (C=O) groups is 1. The number of amides is 1. The molecule has 0 bridgehead atoms. The number of hydrogen-bond acceptors (Lipinski definition) is 8. The van der Waals surface area contributed by atoms with E-state index >= 15 is 0 Å². The number of rotatable bonds is 10. The van der Waals surface area contributed by atoms with Gasteiger partial charge in [0.05, 0.1) is 35.2 Å². The van der Waals surface area contributed by atoms with Crippen molar-refractivity contribution in [2.45, 2.75) is 13.3 Å². The summed E-state index contributed by atoms with van der Waals surface area (Å²) in [4.78, 5) is 32.8. The van der Waals surface area contributed by atoms with Crippen LogP contribution < -0.4 is 14.9 Å². The van der Waals surface area contributed by atoms with Crippen LogP contribution in [0.25, 0.3) is 0 Å². The molecule has 34 heavy (non-hydrogen) atoms. The van der Waals surface area contributed by atoms with Crippen molar-refractivity contribution >= 4 is 23.5 Å². The quantitative estimate of drug-likeness (QED) is 0.266. The molecule has 0 unspecified atom stereocenters. The van der Waals surface area contributed by atoms with E-state index < -0.39 is 21.2 Å². The lowest BCUT2D eigenvalue weighted by Crippen LogP contribution is -2.19. The van der Waals surface area contributed by atoms with Gasteiger partial charge in [-0.25, -0.2) is 5.43 Å². The maximum Gasteiger partial charge on any atom is 0.318 e. The van der Waals surface area contributed by atoms with Crippen molar-refractivity contribution in [1.29, 1.82) is 0 Å². The average Bonchev–Trinajstić information content (AvgIpc) is 2.81. The predicted molar refractivity (Wildman–Crippen MR) is 123 cm³/mol. The first-order valence-corrected chi connectivity index (χ1v) is 10.1. The Morgan fingerprint density at radius 2 is 1.71 bits per heavy atom. The largest absolute Gasteiger partial charge is 0.490 e. The second-order valence-corrected chi connectivity index (χ2v) is 6.86. The smallest absolute Gasteiger partial charge is 0.318 e. The molecule has 0 heterocycles. The normalized spacial score (nSPS) is 10.6. The lowest BCUT2D eigenvalue weighted by Gasteiger charge is -2.12. The van der Waals surface area contributed by atoms with Crippen molar-refractivity contribution < 1.29 is 24.1 Å². The fraction of sp³-hybridized carbons (Fsp3) is 0.130. The van der Waals surface area contributed by atoms with E-state index in [1.807, 2.05) is 30.3 Å². The Morgan fingerprint density at radius 1 is 0.971 bits per heavy atom. The summed E-state index contributed by atoms with van der Waals surface area (Å²) in [5.41, 5.74) is 2.90. The molecule has 0 aliphatic rings. The van der Waals surface area contributed by atoms with Gasteiger partial charge < -0.3 is 9.47 Å². The predicted octanol–water partition coefficient (Wildman–Crippen LogP) is 4.39. The zero-order valence-electron chi connectivity index (χ0n) is 18.0. The monoisotopic (exact) mass is 464 g/mol. The summed E-state index contributed by atoms with van der Waals surface area (Å²) in [6, 6.07) is 17.0. The molecular weight excluding hydrogens is 444 g/mol. The van der Waals surface area contributed by atoms with Gasteiger partial charge in [0, 0.05) is 6.07 Å². The van der Waals surface area contributed by atoms with Gasteiger partial charge in [-0.3, -0.25) is 25.0 Å². The maximum atomic E-state index is 12.0. The Kier molecular flexibility index (Phi) is 7.84. The van der Waals surface area contributed by atoms with E-state index in [1.165, 1.54) is 12.3 Å². The summed E-state index contributed by atoms with van der Waals surface area (Å²) in [6.45, 7) is 2.04. The highest BCUT2D eigenvalue weighted by atomic mass is 16.6. The van der Waals surface area contributed by atoms with Crippen LogP contribution in [0.4, 0.5) is 11.4 Å².